The summed E-state index contributed by atoms with van der Waals surface area (Å²) in [5, 5.41) is 3.06. The highest BCUT2D eigenvalue weighted by Crippen LogP contribution is 1.82. The molecule has 0 aliphatic heterocycles. The highest BCUT2D eigenvalue weighted by molar-refractivity contribution is 7.80. The van der Waals surface area contributed by atoms with E-state index in [0.29, 0.717) is 12.5 Å². The van der Waals surface area contributed by atoms with Crippen LogP contribution >= 0.6 is 12.2 Å². The second-order valence-corrected chi connectivity index (χ2v) is 2.47. The van der Waals surface area contributed by atoms with Crippen molar-refractivity contribution in [1.82, 2.24) is 5.32 Å². The van der Waals surface area contributed by atoms with E-state index in [2.05, 4.69) is 26.1 Å². The number of hydrogen-bond donors (Lipinski definition) is 1. The third-order valence-electron chi connectivity index (χ3n) is 0.677. The molecule has 47 valence electrons. The highest BCUT2D eigenvalue weighted by Gasteiger charge is 1.92. The molecule has 0 atom stereocenters. The number of nitrogens with one attached hydrogen (secondary N) is 1. The van der Waals surface area contributed by atoms with Gasteiger partial charge in [-0.2, -0.15) is 0 Å². The Kier molecular flexibility index (Phi) is 3.79. The van der Waals surface area contributed by atoms with Crippen molar-refractivity contribution in [2.24, 2.45) is 0 Å². The van der Waals surface area contributed by atoms with Crippen LogP contribution in [0.5, 0.6) is 0 Å². The van der Waals surface area contributed by atoms with Gasteiger partial charge in [-0.3, -0.25) is 0 Å². The van der Waals surface area contributed by atoms with Gasteiger partial charge >= 0.3 is 0 Å². The summed E-state index contributed by atoms with van der Waals surface area (Å²) in [7, 11) is 0. The van der Waals surface area contributed by atoms with E-state index >= 15 is 0 Å². The molecule has 0 aliphatic carbocycles. The number of rotatable bonds is 2. The minimum absolute atomic E-state index is 0.448. The van der Waals surface area contributed by atoms with Gasteiger partial charge in [-0.25, -0.2) is 0 Å². The first-order valence-corrected chi connectivity index (χ1v) is 3.16. The summed E-state index contributed by atoms with van der Waals surface area (Å²) in [5.41, 5.74) is 0. The first-order valence-electron chi connectivity index (χ1n) is 2.75. The minimum Gasteiger partial charge on any atom is -0.377 e. The van der Waals surface area contributed by atoms with Crippen LogP contribution in [-0.2, 0) is 0 Å². The maximum atomic E-state index is 4.86. The van der Waals surface area contributed by atoms with Gasteiger partial charge in [0.05, 0.1) is 4.99 Å². The zero-order chi connectivity index (χ0) is 6.57. The van der Waals surface area contributed by atoms with Gasteiger partial charge in [-0.1, -0.05) is 12.2 Å². The fraction of sp³-hybridized carbons (Fsp3) is 0.667. The molecule has 1 nitrogen and oxygen atoms in total. The Labute approximate surface area is 56.5 Å². The second kappa shape index (κ2) is 3.84. The van der Waals surface area contributed by atoms with Crippen molar-refractivity contribution >= 4 is 17.2 Å². The Bertz CT molecular complexity index is 78.6. The van der Waals surface area contributed by atoms with Gasteiger partial charge in [-0.05, 0) is 27.2 Å². The molecular weight excluding hydrogens is 118 g/mol. The van der Waals surface area contributed by atoms with Crippen LogP contribution in [-0.4, -0.2) is 11.0 Å². The first-order chi connectivity index (χ1) is 3.66. The van der Waals surface area contributed by atoms with Gasteiger partial charge in [0.25, 0.3) is 0 Å². The lowest BCUT2D eigenvalue weighted by atomic mass is 10.4. The molecule has 0 rings (SSSR count). The average molecular weight is 130 g/mol. The van der Waals surface area contributed by atoms with Gasteiger partial charge in [0.1, 0.15) is 0 Å². The Hall–Kier alpha value is -0.110. The molecule has 0 saturated heterocycles. The fourth-order valence-electron chi connectivity index (χ4n) is 0.394. The van der Waals surface area contributed by atoms with Gasteiger partial charge in [0, 0.05) is 6.04 Å². The largest absolute Gasteiger partial charge is 0.377 e. The molecule has 0 amide bonds. The second-order valence-electron chi connectivity index (χ2n) is 1.97. The number of thiocarbonyl (C=S) groups is 1. The van der Waals surface area contributed by atoms with E-state index in [1.807, 2.05) is 0 Å². The van der Waals surface area contributed by atoms with E-state index < -0.39 is 0 Å². The van der Waals surface area contributed by atoms with E-state index in [0.717, 1.165) is 4.99 Å². The van der Waals surface area contributed by atoms with Gasteiger partial charge in [0.15, 0.2) is 0 Å². The first kappa shape index (κ1) is 7.89. The molecule has 1 radical (unpaired) electrons. The van der Waals surface area contributed by atoms with Crippen LogP contribution in [0.25, 0.3) is 0 Å². The van der Waals surface area contributed by atoms with Gasteiger partial charge in [0.2, 0.25) is 0 Å². The monoisotopic (exact) mass is 130 g/mol. The lowest BCUT2D eigenvalue weighted by Crippen LogP contribution is -2.27. The van der Waals surface area contributed by atoms with Crippen LogP contribution in [0, 0.1) is 6.92 Å². The van der Waals surface area contributed by atoms with E-state index in [9.17, 15) is 0 Å². The summed E-state index contributed by atoms with van der Waals surface area (Å²) in [6, 6.07) is 0.448. The summed E-state index contributed by atoms with van der Waals surface area (Å²) in [6.45, 7) is 7.75. The SMILES string of the molecule is [CH2]CC(=S)NC(C)C. The summed E-state index contributed by atoms with van der Waals surface area (Å²) >= 11 is 4.86. The van der Waals surface area contributed by atoms with Crippen LogP contribution in [0.2, 0.25) is 0 Å². The van der Waals surface area contributed by atoms with Crippen molar-refractivity contribution in [1.29, 1.82) is 0 Å². The molecular formula is C6H12NS. The van der Waals surface area contributed by atoms with Crippen molar-refractivity contribution in [3.8, 4) is 0 Å². The van der Waals surface area contributed by atoms with Crippen molar-refractivity contribution in [3.63, 3.8) is 0 Å². The molecule has 0 saturated carbocycles. The lowest BCUT2D eigenvalue weighted by molar-refractivity contribution is 0.734. The zero-order valence-electron chi connectivity index (χ0n) is 5.40. The van der Waals surface area contributed by atoms with Crippen molar-refractivity contribution in [2.45, 2.75) is 26.3 Å². The molecule has 0 aromatic heterocycles. The molecule has 2 heteroatoms. The van der Waals surface area contributed by atoms with Crippen molar-refractivity contribution in [2.75, 3.05) is 0 Å². The lowest BCUT2D eigenvalue weighted by Gasteiger charge is -2.07. The Morgan fingerprint density at radius 1 is 1.75 bits per heavy atom. The van der Waals surface area contributed by atoms with Crippen LogP contribution in [0.15, 0.2) is 0 Å². The van der Waals surface area contributed by atoms with Gasteiger partial charge in [-0.15, -0.1) is 0 Å². The van der Waals surface area contributed by atoms with Crippen LogP contribution in [0.1, 0.15) is 20.3 Å². The molecule has 0 unspecified atom stereocenters. The predicted molar refractivity (Wildman–Crippen MR) is 40.8 cm³/mol. The van der Waals surface area contributed by atoms with Gasteiger partial charge < -0.3 is 5.32 Å². The van der Waals surface area contributed by atoms with Crippen LogP contribution in [0.4, 0.5) is 0 Å². The molecule has 0 aliphatic rings. The van der Waals surface area contributed by atoms with E-state index in [4.69, 9.17) is 12.2 Å². The third-order valence-corrected chi connectivity index (χ3v) is 0.999. The molecule has 1 N–H and O–H groups in total. The molecule has 0 aromatic rings. The third kappa shape index (κ3) is 4.06. The molecule has 0 bridgehead atoms. The molecule has 0 aromatic carbocycles. The summed E-state index contributed by atoms with van der Waals surface area (Å²) in [4.78, 5) is 0.847. The molecule has 0 heterocycles. The summed E-state index contributed by atoms with van der Waals surface area (Å²) in [6.07, 6.45) is 0.702. The minimum atomic E-state index is 0.448. The van der Waals surface area contributed by atoms with Crippen molar-refractivity contribution in [3.05, 3.63) is 6.92 Å². The molecule has 8 heavy (non-hydrogen) atoms. The van der Waals surface area contributed by atoms with Crippen LogP contribution < -0.4 is 5.32 Å². The normalized spacial score (nSPS) is 9.50. The Morgan fingerprint density at radius 2 is 2.25 bits per heavy atom. The van der Waals surface area contributed by atoms with E-state index in [1.54, 1.807) is 0 Å². The summed E-state index contributed by atoms with van der Waals surface area (Å²) < 4.78 is 0. The number of hydrogen-bond acceptors (Lipinski definition) is 1. The van der Waals surface area contributed by atoms with Crippen LogP contribution in [0.3, 0.4) is 0 Å². The fourth-order valence-corrected chi connectivity index (χ4v) is 0.630. The topological polar surface area (TPSA) is 12.0 Å². The molecule has 0 spiro atoms. The average Bonchev–Trinajstić information content (AvgIpc) is 1.65. The smallest absolute Gasteiger partial charge is 0.0755 e. The maximum absolute atomic E-state index is 4.86. The highest BCUT2D eigenvalue weighted by atomic mass is 32.1. The predicted octanol–water partition coefficient (Wildman–Crippen LogP) is 1.54. The van der Waals surface area contributed by atoms with Crippen molar-refractivity contribution < 1.29 is 0 Å². The summed E-state index contributed by atoms with van der Waals surface area (Å²) in [5.74, 6) is 0. The Balaban J connectivity index is 3.25. The maximum Gasteiger partial charge on any atom is 0.0755 e. The Morgan fingerprint density at radius 3 is 2.38 bits per heavy atom. The van der Waals surface area contributed by atoms with E-state index in [-0.39, 0.29) is 0 Å². The van der Waals surface area contributed by atoms with E-state index in [1.165, 1.54) is 0 Å². The standard InChI is InChI=1S/C6H12NS/c1-4-6(8)7-5(2)3/h5H,1,4H2,2-3H3,(H,7,8). The zero-order valence-corrected chi connectivity index (χ0v) is 6.22. The quantitative estimate of drug-likeness (QED) is 0.569. The molecule has 0 fully saturated rings.